The molecule has 92 valence electrons. The van der Waals surface area contributed by atoms with Crippen LogP contribution in [0.4, 0.5) is 0 Å². The minimum Gasteiger partial charge on any atom is -0.303 e. The molecular weight excluding hydrogens is 208 g/mol. The third-order valence-electron chi connectivity index (χ3n) is 2.39. The van der Waals surface area contributed by atoms with Gasteiger partial charge in [-0.3, -0.25) is 0 Å². The maximum absolute atomic E-state index is 4.30. The minimum atomic E-state index is 0.0928. The molecular formula is C15H22N2. The molecule has 2 heteroatoms. The van der Waals surface area contributed by atoms with E-state index in [1.807, 2.05) is 31.4 Å². The van der Waals surface area contributed by atoms with Crippen LogP contribution >= 0.6 is 0 Å². The average Bonchev–Trinajstić information content (AvgIpc) is 2.28. The molecule has 0 amide bonds. The number of allylic oxidation sites excluding steroid dienone is 1. The Labute approximate surface area is 105 Å². The topological polar surface area (TPSA) is 15.6 Å². The molecule has 0 N–H and O–H groups in total. The summed E-state index contributed by atoms with van der Waals surface area (Å²) in [6.45, 7) is 4.38. The zero-order chi connectivity index (χ0) is 12.7. The molecule has 0 aliphatic rings. The largest absolute Gasteiger partial charge is 0.303 e. The zero-order valence-electron chi connectivity index (χ0n) is 11.2. The van der Waals surface area contributed by atoms with Crippen molar-refractivity contribution in [2.45, 2.75) is 20.3 Å². The fraction of sp³-hybridized carbons (Fsp3) is 0.400. The Hall–Kier alpha value is -1.57. The summed E-state index contributed by atoms with van der Waals surface area (Å²) in [5.74, 6) is 0. The molecule has 0 radical (unpaired) electrons. The van der Waals surface area contributed by atoms with Crippen LogP contribution in [0.5, 0.6) is 0 Å². The molecule has 17 heavy (non-hydrogen) atoms. The van der Waals surface area contributed by atoms with Gasteiger partial charge >= 0.3 is 0 Å². The predicted molar refractivity (Wildman–Crippen MR) is 76.1 cm³/mol. The van der Waals surface area contributed by atoms with Crippen molar-refractivity contribution in [3.63, 3.8) is 0 Å². The lowest BCUT2D eigenvalue weighted by Crippen LogP contribution is -2.14. The third kappa shape index (κ3) is 5.91. The highest BCUT2D eigenvalue weighted by Crippen LogP contribution is 2.19. The van der Waals surface area contributed by atoms with Gasteiger partial charge in [-0.2, -0.15) is 5.10 Å². The summed E-state index contributed by atoms with van der Waals surface area (Å²) >= 11 is 0. The predicted octanol–water partition coefficient (Wildman–Crippen LogP) is 3.66. The Balaban J connectivity index is 2.52. The SMILES string of the molecule is CN(C)/N=C/C(C)(C)C/C=C/c1ccccc1. The number of hydrogen-bond acceptors (Lipinski definition) is 2. The third-order valence-corrected chi connectivity index (χ3v) is 2.39. The Morgan fingerprint density at radius 3 is 2.41 bits per heavy atom. The minimum absolute atomic E-state index is 0.0928. The van der Waals surface area contributed by atoms with Gasteiger partial charge in [-0.25, -0.2) is 0 Å². The molecule has 0 bridgehead atoms. The van der Waals surface area contributed by atoms with Crippen LogP contribution in [0, 0.1) is 5.41 Å². The van der Waals surface area contributed by atoms with Crippen LogP contribution in [0.25, 0.3) is 6.08 Å². The van der Waals surface area contributed by atoms with E-state index in [-0.39, 0.29) is 5.41 Å². The lowest BCUT2D eigenvalue weighted by Gasteiger charge is -2.17. The summed E-state index contributed by atoms with van der Waals surface area (Å²) in [4.78, 5) is 0. The van der Waals surface area contributed by atoms with E-state index in [4.69, 9.17) is 0 Å². The van der Waals surface area contributed by atoms with Crippen LogP contribution in [-0.2, 0) is 0 Å². The maximum atomic E-state index is 4.30. The maximum Gasteiger partial charge on any atom is 0.0304 e. The highest BCUT2D eigenvalue weighted by Gasteiger charge is 2.12. The van der Waals surface area contributed by atoms with Gasteiger partial charge in [0, 0.05) is 25.7 Å². The molecule has 0 spiro atoms. The molecule has 0 saturated carbocycles. The summed E-state index contributed by atoms with van der Waals surface area (Å²) in [5.41, 5.74) is 1.34. The van der Waals surface area contributed by atoms with Crippen LogP contribution in [0.2, 0.25) is 0 Å². The molecule has 1 aromatic rings. The molecule has 1 aromatic carbocycles. The molecule has 0 atom stereocenters. The first kappa shape index (κ1) is 13.5. The van der Waals surface area contributed by atoms with Crippen molar-refractivity contribution >= 4 is 12.3 Å². The van der Waals surface area contributed by atoms with Gasteiger partial charge in [0.25, 0.3) is 0 Å². The first-order valence-corrected chi connectivity index (χ1v) is 5.94. The van der Waals surface area contributed by atoms with Gasteiger partial charge in [-0.15, -0.1) is 0 Å². The summed E-state index contributed by atoms with van der Waals surface area (Å²) in [6.07, 6.45) is 7.35. The summed E-state index contributed by atoms with van der Waals surface area (Å²) in [5, 5.41) is 6.12. The second kappa shape index (κ2) is 6.24. The number of benzene rings is 1. The lowest BCUT2D eigenvalue weighted by molar-refractivity contribution is 0.425. The van der Waals surface area contributed by atoms with Crippen molar-refractivity contribution in [3.8, 4) is 0 Å². The number of nitrogens with zero attached hydrogens (tertiary/aromatic N) is 2. The molecule has 0 unspecified atom stereocenters. The van der Waals surface area contributed by atoms with E-state index in [0.717, 1.165) is 6.42 Å². The molecule has 1 rings (SSSR count). The Bertz CT molecular complexity index is 375. The Morgan fingerprint density at radius 2 is 1.82 bits per heavy atom. The van der Waals surface area contributed by atoms with E-state index < -0.39 is 0 Å². The van der Waals surface area contributed by atoms with E-state index >= 15 is 0 Å². The van der Waals surface area contributed by atoms with Crippen molar-refractivity contribution in [2.24, 2.45) is 10.5 Å². The van der Waals surface area contributed by atoms with Gasteiger partial charge in [-0.1, -0.05) is 56.3 Å². The number of hydrazone groups is 1. The van der Waals surface area contributed by atoms with E-state index in [2.05, 4.69) is 55.4 Å². The molecule has 0 fully saturated rings. The van der Waals surface area contributed by atoms with Crippen LogP contribution < -0.4 is 0 Å². The summed E-state index contributed by atoms with van der Waals surface area (Å²) in [6, 6.07) is 10.4. The van der Waals surface area contributed by atoms with Crippen LogP contribution in [-0.4, -0.2) is 25.3 Å². The molecule has 2 nitrogen and oxygen atoms in total. The van der Waals surface area contributed by atoms with Crippen molar-refractivity contribution in [2.75, 3.05) is 14.1 Å². The average molecular weight is 230 g/mol. The lowest BCUT2D eigenvalue weighted by atomic mass is 9.90. The number of hydrogen-bond donors (Lipinski definition) is 0. The molecule has 0 aromatic heterocycles. The Morgan fingerprint density at radius 1 is 1.18 bits per heavy atom. The van der Waals surface area contributed by atoms with E-state index in [9.17, 15) is 0 Å². The summed E-state index contributed by atoms with van der Waals surface area (Å²) in [7, 11) is 3.87. The second-order valence-corrected chi connectivity index (χ2v) is 5.10. The van der Waals surface area contributed by atoms with Crippen molar-refractivity contribution in [3.05, 3.63) is 42.0 Å². The highest BCUT2D eigenvalue weighted by atomic mass is 15.4. The van der Waals surface area contributed by atoms with Crippen molar-refractivity contribution in [1.82, 2.24) is 5.01 Å². The van der Waals surface area contributed by atoms with E-state index in [1.54, 1.807) is 0 Å². The second-order valence-electron chi connectivity index (χ2n) is 5.10. The van der Waals surface area contributed by atoms with E-state index in [0.29, 0.717) is 0 Å². The van der Waals surface area contributed by atoms with Gasteiger partial charge in [0.1, 0.15) is 0 Å². The quantitative estimate of drug-likeness (QED) is 0.556. The molecule has 0 saturated heterocycles. The number of rotatable bonds is 5. The van der Waals surface area contributed by atoms with Crippen LogP contribution in [0.15, 0.2) is 41.5 Å². The van der Waals surface area contributed by atoms with Crippen LogP contribution in [0.3, 0.4) is 0 Å². The fourth-order valence-electron chi connectivity index (χ4n) is 1.39. The standard InChI is InChI=1S/C15H22N2/c1-15(2,13-16-17(3)4)12-8-11-14-9-6-5-7-10-14/h5-11,13H,12H2,1-4H3/b11-8+,16-13+. The van der Waals surface area contributed by atoms with Gasteiger partial charge in [0.05, 0.1) is 0 Å². The van der Waals surface area contributed by atoms with E-state index in [1.165, 1.54) is 5.56 Å². The molecule has 0 heterocycles. The van der Waals surface area contributed by atoms with Gasteiger partial charge in [-0.05, 0) is 12.0 Å². The normalized spacial score (nSPS) is 12.5. The Kier molecular flexibility index (Phi) is 4.95. The summed E-state index contributed by atoms with van der Waals surface area (Å²) < 4.78 is 0. The highest BCUT2D eigenvalue weighted by molar-refractivity contribution is 5.65. The van der Waals surface area contributed by atoms with Gasteiger partial charge in [0.15, 0.2) is 0 Å². The van der Waals surface area contributed by atoms with Crippen molar-refractivity contribution in [1.29, 1.82) is 0 Å². The zero-order valence-corrected chi connectivity index (χ0v) is 11.2. The fourth-order valence-corrected chi connectivity index (χ4v) is 1.39. The van der Waals surface area contributed by atoms with Gasteiger partial charge < -0.3 is 5.01 Å². The van der Waals surface area contributed by atoms with Crippen LogP contribution in [0.1, 0.15) is 25.8 Å². The first-order valence-electron chi connectivity index (χ1n) is 5.94. The van der Waals surface area contributed by atoms with Crippen molar-refractivity contribution < 1.29 is 0 Å². The monoisotopic (exact) mass is 230 g/mol. The van der Waals surface area contributed by atoms with Gasteiger partial charge in [0.2, 0.25) is 0 Å². The molecule has 0 aliphatic heterocycles. The first-order chi connectivity index (χ1) is 7.99. The molecule has 0 aliphatic carbocycles. The smallest absolute Gasteiger partial charge is 0.0304 e.